The Kier molecular flexibility index (Phi) is 7.43. The van der Waals surface area contributed by atoms with Crippen molar-refractivity contribution < 1.29 is 13.2 Å². The molecule has 0 bridgehead atoms. The number of rotatable bonds is 7. The Hall–Kier alpha value is -3.37. The van der Waals surface area contributed by atoms with Crippen LogP contribution in [-0.4, -0.2) is 33.2 Å². The van der Waals surface area contributed by atoms with Gasteiger partial charge in [0.05, 0.1) is 12.6 Å². The molecule has 5 rings (SSSR count). The van der Waals surface area contributed by atoms with E-state index in [0.717, 1.165) is 21.6 Å². The molecule has 1 saturated heterocycles. The number of nitrogens with zero attached hydrogens (tertiary/aromatic N) is 4. The molecule has 0 N–H and O–H groups in total. The maximum absolute atomic E-state index is 15.6. The first-order valence-corrected chi connectivity index (χ1v) is 13.2. The summed E-state index contributed by atoms with van der Waals surface area (Å²) in [6.45, 7) is 11.4. The van der Waals surface area contributed by atoms with Gasteiger partial charge in [-0.1, -0.05) is 41.9 Å². The first kappa shape index (κ1) is 27.2. The number of hydrogen-bond acceptors (Lipinski definition) is 4. The van der Waals surface area contributed by atoms with Gasteiger partial charge in [-0.15, -0.1) is 5.10 Å². The van der Waals surface area contributed by atoms with Crippen LogP contribution in [0.2, 0.25) is 5.02 Å². The number of halogens is 3. The fourth-order valence-corrected chi connectivity index (χ4v) is 5.83. The SMILES string of the molecule is [C-]#[N+]c1cc(F)cc([C@H](C2CN([C@@H](c3ccc(Cl)cc3)c3cccc(-c4nn(P)c(=O)o4)c3)C2)C(C)(C)F)c1. The minimum absolute atomic E-state index is 0.103. The standard InChI is InChI=1S/C29H26ClF2N4O2P/c1-29(2,32)25(20-12-23(31)14-24(13-20)33-3)21-15-35(16-21)26(17-7-9-22(30)10-8-17)18-5-4-6-19(11-18)27-34-36(39)28(37)38-27/h4-14,21,25-26H,15-16,39H2,1-2H3/t25-,26+/m1/s1. The zero-order valence-electron chi connectivity index (χ0n) is 21.3. The lowest BCUT2D eigenvalue weighted by atomic mass is 9.72. The topological polar surface area (TPSA) is 55.6 Å². The fraction of sp³-hybridized carbons (Fsp3) is 0.276. The van der Waals surface area contributed by atoms with Crippen LogP contribution in [0, 0.1) is 18.3 Å². The van der Waals surface area contributed by atoms with Crippen LogP contribution in [0.5, 0.6) is 0 Å². The number of benzene rings is 3. The summed E-state index contributed by atoms with van der Waals surface area (Å²) in [6.07, 6.45) is 0. The second-order valence-electron chi connectivity index (χ2n) is 10.3. The van der Waals surface area contributed by atoms with Crippen molar-refractivity contribution in [3.05, 3.63) is 116 Å². The molecule has 2 heterocycles. The molecule has 0 aliphatic carbocycles. The zero-order chi connectivity index (χ0) is 27.9. The predicted octanol–water partition coefficient (Wildman–Crippen LogP) is 7.04. The average Bonchev–Trinajstić information content (AvgIpc) is 3.20. The van der Waals surface area contributed by atoms with Crippen molar-refractivity contribution in [3.63, 3.8) is 0 Å². The summed E-state index contributed by atoms with van der Waals surface area (Å²) in [5.41, 5.74) is 1.60. The molecule has 200 valence electrons. The van der Waals surface area contributed by atoms with Gasteiger partial charge >= 0.3 is 5.76 Å². The molecule has 0 saturated carbocycles. The molecule has 0 spiro atoms. The van der Waals surface area contributed by atoms with Gasteiger partial charge in [0, 0.05) is 29.6 Å². The van der Waals surface area contributed by atoms with E-state index in [0.29, 0.717) is 29.2 Å². The van der Waals surface area contributed by atoms with Crippen LogP contribution in [0.4, 0.5) is 14.5 Å². The lowest BCUT2D eigenvalue weighted by molar-refractivity contribution is 0.00816. The van der Waals surface area contributed by atoms with Gasteiger partial charge in [0.1, 0.15) is 11.5 Å². The third-order valence-electron chi connectivity index (χ3n) is 7.11. The second-order valence-corrected chi connectivity index (χ2v) is 11.2. The molecule has 1 unspecified atom stereocenters. The molecule has 4 aromatic rings. The van der Waals surface area contributed by atoms with E-state index in [1.165, 1.54) is 19.9 Å². The van der Waals surface area contributed by atoms with Crippen molar-refractivity contribution in [1.29, 1.82) is 0 Å². The monoisotopic (exact) mass is 566 g/mol. The Labute approximate surface area is 232 Å². The number of hydrogen-bond donors (Lipinski definition) is 0. The van der Waals surface area contributed by atoms with Crippen molar-refractivity contribution in [3.8, 4) is 11.5 Å². The summed E-state index contributed by atoms with van der Waals surface area (Å²) in [5, 5.41) is 4.75. The van der Waals surface area contributed by atoms with E-state index in [9.17, 15) is 9.18 Å². The zero-order valence-corrected chi connectivity index (χ0v) is 23.2. The molecule has 3 atom stereocenters. The maximum Gasteiger partial charge on any atom is 0.440 e. The molecule has 39 heavy (non-hydrogen) atoms. The minimum Gasteiger partial charge on any atom is -0.387 e. The number of likely N-dealkylation sites (tertiary alicyclic amines) is 1. The quantitative estimate of drug-likeness (QED) is 0.178. The highest BCUT2D eigenvalue weighted by Crippen LogP contribution is 2.46. The Bertz CT molecular complexity index is 1600. The van der Waals surface area contributed by atoms with Crippen molar-refractivity contribution in [2.45, 2.75) is 31.5 Å². The van der Waals surface area contributed by atoms with Crippen LogP contribution >= 0.6 is 21.0 Å². The van der Waals surface area contributed by atoms with Gasteiger partial charge < -0.3 is 4.42 Å². The molecule has 3 aromatic carbocycles. The minimum atomic E-state index is -1.63. The Morgan fingerprint density at radius 3 is 2.44 bits per heavy atom. The molecule has 6 nitrogen and oxygen atoms in total. The van der Waals surface area contributed by atoms with Crippen molar-refractivity contribution in [1.82, 2.24) is 14.5 Å². The Balaban J connectivity index is 1.49. The number of alkyl halides is 1. The lowest BCUT2D eigenvalue weighted by Crippen LogP contribution is -2.53. The normalized spacial score (nSPS) is 15.9. The van der Waals surface area contributed by atoms with Crippen LogP contribution < -0.4 is 5.76 Å². The summed E-state index contributed by atoms with van der Waals surface area (Å²) < 4.78 is 36.2. The maximum atomic E-state index is 15.6. The second kappa shape index (κ2) is 10.7. The highest BCUT2D eigenvalue weighted by atomic mass is 35.5. The van der Waals surface area contributed by atoms with E-state index in [4.69, 9.17) is 22.6 Å². The van der Waals surface area contributed by atoms with Gasteiger partial charge in [-0.2, -0.15) is 4.45 Å². The summed E-state index contributed by atoms with van der Waals surface area (Å²) in [4.78, 5) is 17.4. The molecule has 1 fully saturated rings. The molecule has 1 aliphatic rings. The van der Waals surface area contributed by atoms with Crippen molar-refractivity contribution in [2.75, 3.05) is 13.1 Å². The summed E-state index contributed by atoms with van der Waals surface area (Å²) >= 11 is 6.17. The predicted molar refractivity (Wildman–Crippen MR) is 150 cm³/mol. The van der Waals surface area contributed by atoms with E-state index in [1.807, 2.05) is 48.5 Å². The average molecular weight is 567 g/mol. The van der Waals surface area contributed by atoms with E-state index in [1.54, 1.807) is 6.07 Å². The fourth-order valence-electron chi connectivity index (χ4n) is 5.55. The van der Waals surface area contributed by atoms with Gasteiger partial charge in [-0.3, -0.25) is 4.90 Å². The number of aromatic nitrogens is 2. The first-order chi connectivity index (χ1) is 18.5. The summed E-state index contributed by atoms with van der Waals surface area (Å²) in [5.74, 6) is -1.62. The highest BCUT2D eigenvalue weighted by Gasteiger charge is 2.45. The molecular weight excluding hydrogens is 541 g/mol. The summed E-state index contributed by atoms with van der Waals surface area (Å²) in [7, 11) is 2.19. The molecule has 1 aliphatic heterocycles. The molecular formula is C29H26ClF2N4O2P. The summed E-state index contributed by atoms with van der Waals surface area (Å²) in [6, 6.07) is 19.0. The van der Waals surface area contributed by atoms with Crippen LogP contribution in [-0.2, 0) is 0 Å². The Morgan fingerprint density at radius 2 is 1.82 bits per heavy atom. The van der Waals surface area contributed by atoms with Gasteiger partial charge in [0.15, 0.2) is 5.69 Å². The molecule has 0 radical (unpaired) electrons. The van der Waals surface area contributed by atoms with Gasteiger partial charge in [-0.25, -0.2) is 18.4 Å². The molecule has 1 aromatic heterocycles. The van der Waals surface area contributed by atoms with Crippen LogP contribution in [0.25, 0.3) is 16.3 Å². The molecule has 0 amide bonds. The van der Waals surface area contributed by atoms with Gasteiger partial charge in [0.2, 0.25) is 5.89 Å². The van der Waals surface area contributed by atoms with Gasteiger partial charge in [0.25, 0.3) is 0 Å². The molecule has 10 heteroatoms. The van der Waals surface area contributed by atoms with Crippen LogP contribution in [0.15, 0.2) is 75.9 Å². The third kappa shape index (κ3) is 5.67. The highest BCUT2D eigenvalue weighted by molar-refractivity contribution is 7.14. The van der Waals surface area contributed by atoms with E-state index in [-0.39, 0.29) is 23.5 Å². The Morgan fingerprint density at radius 1 is 1.10 bits per heavy atom. The first-order valence-electron chi connectivity index (χ1n) is 12.4. The largest absolute Gasteiger partial charge is 0.440 e. The van der Waals surface area contributed by atoms with E-state index < -0.39 is 23.2 Å². The van der Waals surface area contributed by atoms with Gasteiger partial charge in [-0.05, 0) is 82.2 Å². The van der Waals surface area contributed by atoms with Crippen molar-refractivity contribution >= 4 is 26.7 Å². The van der Waals surface area contributed by atoms with Crippen LogP contribution in [0.1, 0.15) is 42.5 Å². The van der Waals surface area contributed by atoms with E-state index >= 15 is 4.39 Å². The lowest BCUT2D eigenvalue weighted by Gasteiger charge is -2.50. The van der Waals surface area contributed by atoms with Crippen molar-refractivity contribution in [2.24, 2.45) is 5.92 Å². The van der Waals surface area contributed by atoms with Crippen LogP contribution in [0.3, 0.4) is 0 Å². The smallest absolute Gasteiger partial charge is 0.387 e. The van der Waals surface area contributed by atoms with E-state index in [2.05, 4.69) is 24.2 Å². The third-order valence-corrected chi connectivity index (χ3v) is 7.69.